The first-order chi connectivity index (χ1) is 15.5. The van der Waals surface area contributed by atoms with Crippen LogP contribution in [0.3, 0.4) is 0 Å². The summed E-state index contributed by atoms with van der Waals surface area (Å²) in [6.45, 7) is 1.41. The van der Waals surface area contributed by atoms with Gasteiger partial charge in [-0.3, -0.25) is 10.7 Å². The fourth-order valence-electron chi connectivity index (χ4n) is 3.17. The van der Waals surface area contributed by atoms with E-state index in [4.69, 9.17) is 11.6 Å². The molecule has 10 heteroatoms. The van der Waals surface area contributed by atoms with Crippen LogP contribution in [-0.2, 0) is 0 Å². The van der Waals surface area contributed by atoms with Crippen LogP contribution < -0.4 is 15.7 Å². The average Bonchev–Trinajstić information content (AvgIpc) is 3.23. The number of pyridine rings is 1. The van der Waals surface area contributed by atoms with Crippen molar-refractivity contribution in [1.82, 2.24) is 20.4 Å². The number of aromatic amines is 1. The predicted octanol–water partition coefficient (Wildman–Crippen LogP) is 4.36. The minimum atomic E-state index is -0.544. The first kappa shape index (κ1) is 21.5. The number of aromatic nitrogens is 3. The van der Waals surface area contributed by atoms with Crippen molar-refractivity contribution in [2.45, 2.75) is 0 Å². The largest absolute Gasteiger partial charge is 0.373 e. The van der Waals surface area contributed by atoms with Crippen LogP contribution >= 0.6 is 11.6 Å². The lowest BCUT2D eigenvalue weighted by atomic mass is 10.2. The van der Waals surface area contributed by atoms with E-state index in [0.29, 0.717) is 34.9 Å². The zero-order chi connectivity index (χ0) is 22.5. The molecule has 0 aliphatic rings. The second-order valence-electron chi connectivity index (χ2n) is 7.00. The summed E-state index contributed by atoms with van der Waals surface area (Å²) in [4.78, 5) is 18.4. The number of nitrogens with zero attached hydrogens (tertiary/aromatic N) is 4. The Kier molecular flexibility index (Phi) is 6.48. The van der Waals surface area contributed by atoms with E-state index in [0.717, 1.165) is 12.2 Å². The van der Waals surface area contributed by atoms with Crippen LogP contribution in [0, 0.1) is 5.82 Å². The van der Waals surface area contributed by atoms with Gasteiger partial charge in [0.25, 0.3) is 0 Å². The normalized spacial score (nSPS) is 11.6. The number of aliphatic imine (C=N–C) groups is 1. The van der Waals surface area contributed by atoms with Crippen LogP contribution in [0.4, 0.5) is 21.7 Å². The number of hydroxylamine groups is 1. The monoisotopic (exact) mass is 453 g/mol. The summed E-state index contributed by atoms with van der Waals surface area (Å²) in [5, 5.41) is 12.9. The molecule has 4 aromatic rings. The smallest absolute Gasteiger partial charge is 0.202 e. The molecule has 0 aliphatic carbocycles. The molecule has 0 unspecified atom stereocenters. The van der Waals surface area contributed by atoms with Crippen LogP contribution in [0.1, 0.15) is 5.56 Å². The summed E-state index contributed by atoms with van der Waals surface area (Å²) >= 11 is 5.83. The molecular formula is C22H21ClFN7O. The molecule has 0 bridgehead atoms. The van der Waals surface area contributed by atoms with Gasteiger partial charge in [0, 0.05) is 37.6 Å². The van der Waals surface area contributed by atoms with Crippen molar-refractivity contribution in [2.24, 2.45) is 4.99 Å². The van der Waals surface area contributed by atoms with E-state index >= 15 is 0 Å². The predicted molar refractivity (Wildman–Crippen MR) is 125 cm³/mol. The van der Waals surface area contributed by atoms with Gasteiger partial charge in [-0.05, 0) is 36.4 Å². The fraction of sp³-hybridized carbons (Fsp3) is 0.136. The molecular weight excluding hydrogens is 433 g/mol. The van der Waals surface area contributed by atoms with Gasteiger partial charge in [-0.15, -0.1) is 0 Å². The Labute approximate surface area is 188 Å². The van der Waals surface area contributed by atoms with Crippen molar-refractivity contribution >= 4 is 45.9 Å². The third-order valence-electron chi connectivity index (χ3n) is 4.83. The number of H-pyrrole nitrogens is 1. The number of likely N-dealkylation sites (N-methyl/N-ethyl adjacent to an activating group) is 1. The lowest BCUT2D eigenvalue weighted by molar-refractivity contribution is 0.235. The molecule has 4 rings (SSSR count). The Morgan fingerprint density at radius 1 is 1.22 bits per heavy atom. The van der Waals surface area contributed by atoms with Gasteiger partial charge in [0.15, 0.2) is 11.5 Å². The van der Waals surface area contributed by atoms with E-state index in [2.05, 4.69) is 47.8 Å². The maximum atomic E-state index is 13.4. The quantitative estimate of drug-likeness (QED) is 0.188. The molecule has 0 atom stereocenters. The SMILES string of the molecule is CN(CCNc1nc2nccc(C(=Nc3ccc(F)c(Cl)c3)NO)c2[nH]1)c1ccccc1. The zero-order valence-electron chi connectivity index (χ0n) is 17.2. The number of halogens is 2. The second kappa shape index (κ2) is 9.63. The zero-order valence-corrected chi connectivity index (χ0v) is 17.9. The lowest BCUT2D eigenvalue weighted by Crippen LogP contribution is -2.24. The summed E-state index contributed by atoms with van der Waals surface area (Å²) in [5.41, 5.74) is 5.17. The number of rotatable bonds is 7. The molecule has 2 aromatic carbocycles. The number of hydrogen-bond acceptors (Lipinski definition) is 6. The number of anilines is 2. The van der Waals surface area contributed by atoms with Gasteiger partial charge in [0.2, 0.25) is 5.95 Å². The van der Waals surface area contributed by atoms with Gasteiger partial charge in [0.05, 0.1) is 16.2 Å². The Hall–Kier alpha value is -3.69. The molecule has 0 radical (unpaired) electrons. The standard InChI is InChI=1S/C22H21ClFN7O/c1-31(15-5-3-2-4-6-15)12-11-26-22-28-19-16(9-10-25-21(19)29-22)20(30-32)27-14-7-8-18(24)17(23)13-14/h2-10,13,32H,11-12H2,1H3,(H,27,30)(H2,25,26,28,29). The van der Waals surface area contributed by atoms with Crippen molar-refractivity contribution in [1.29, 1.82) is 0 Å². The van der Waals surface area contributed by atoms with E-state index in [1.54, 1.807) is 12.3 Å². The lowest BCUT2D eigenvalue weighted by Gasteiger charge is -2.19. The van der Waals surface area contributed by atoms with Crippen LogP contribution in [0.2, 0.25) is 5.02 Å². The molecule has 2 heterocycles. The van der Waals surface area contributed by atoms with Gasteiger partial charge in [-0.2, -0.15) is 4.98 Å². The minimum absolute atomic E-state index is 0.0584. The molecule has 0 spiro atoms. The molecule has 0 saturated carbocycles. The Balaban J connectivity index is 1.53. The van der Waals surface area contributed by atoms with Crippen molar-refractivity contribution in [3.8, 4) is 0 Å². The van der Waals surface area contributed by atoms with Crippen LogP contribution in [0.15, 0.2) is 65.8 Å². The first-order valence-electron chi connectivity index (χ1n) is 9.84. The van der Waals surface area contributed by atoms with Crippen molar-refractivity contribution < 1.29 is 9.60 Å². The average molecular weight is 454 g/mol. The molecule has 4 N–H and O–H groups in total. The number of para-hydroxylation sites is 1. The number of amidine groups is 1. The summed E-state index contributed by atoms with van der Waals surface area (Å²) in [6.07, 6.45) is 1.57. The van der Waals surface area contributed by atoms with Crippen LogP contribution in [0.5, 0.6) is 0 Å². The topological polar surface area (TPSA) is 101 Å². The highest BCUT2D eigenvalue weighted by atomic mass is 35.5. The summed E-state index contributed by atoms with van der Waals surface area (Å²) in [5.74, 6) is 0.139. The van der Waals surface area contributed by atoms with E-state index in [1.807, 2.05) is 25.2 Å². The number of imidazole rings is 1. The third kappa shape index (κ3) is 4.79. The molecule has 8 nitrogen and oxygen atoms in total. The minimum Gasteiger partial charge on any atom is -0.373 e. The molecule has 32 heavy (non-hydrogen) atoms. The van der Waals surface area contributed by atoms with Gasteiger partial charge in [-0.1, -0.05) is 29.8 Å². The molecule has 0 fully saturated rings. The maximum Gasteiger partial charge on any atom is 0.202 e. The molecule has 2 aromatic heterocycles. The second-order valence-corrected chi connectivity index (χ2v) is 7.40. The fourth-order valence-corrected chi connectivity index (χ4v) is 3.35. The summed E-state index contributed by atoms with van der Waals surface area (Å²) < 4.78 is 13.4. The molecule has 0 aliphatic heterocycles. The molecule has 0 saturated heterocycles. The van der Waals surface area contributed by atoms with Gasteiger partial charge in [-0.25, -0.2) is 14.4 Å². The Morgan fingerprint density at radius 3 is 2.78 bits per heavy atom. The Bertz CT molecular complexity index is 1250. The summed E-state index contributed by atoms with van der Waals surface area (Å²) in [7, 11) is 2.02. The molecule has 0 amide bonds. The number of nitrogens with one attached hydrogen (secondary N) is 3. The van der Waals surface area contributed by atoms with Gasteiger partial charge >= 0.3 is 0 Å². The van der Waals surface area contributed by atoms with Crippen molar-refractivity contribution in [3.63, 3.8) is 0 Å². The highest BCUT2D eigenvalue weighted by Gasteiger charge is 2.13. The van der Waals surface area contributed by atoms with Crippen molar-refractivity contribution in [3.05, 3.63) is 77.2 Å². The van der Waals surface area contributed by atoms with Gasteiger partial charge in [0.1, 0.15) is 5.82 Å². The first-order valence-corrected chi connectivity index (χ1v) is 10.2. The maximum absolute atomic E-state index is 13.4. The number of benzene rings is 2. The van der Waals surface area contributed by atoms with E-state index in [-0.39, 0.29) is 10.9 Å². The highest BCUT2D eigenvalue weighted by molar-refractivity contribution is 6.31. The van der Waals surface area contributed by atoms with Crippen molar-refractivity contribution in [2.75, 3.05) is 30.4 Å². The Morgan fingerprint density at radius 2 is 2.03 bits per heavy atom. The van der Waals surface area contributed by atoms with E-state index < -0.39 is 5.82 Å². The number of hydrogen-bond donors (Lipinski definition) is 4. The van der Waals surface area contributed by atoms with Crippen LogP contribution in [0.25, 0.3) is 11.2 Å². The number of fused-ring (bicyclic) bond motifs is 1. The van der Waals surface area contributed by atoms with E-state index in [1.165, 1.54) is 18.2 Å². The van der Waals surface area contributed by atoms with Gasteiger partial charge < -0.3 is 15.2 Å². The third-order valence-corrected chi connectivity index (χ3v) is 5.12. The van der Waals surface area contributed by atoms with E-state index in [9.17, 15) is 9.60 Å². The highest BCUT2D eigenvalue weighted by Crippen LogP contribution is 2.23. The van der Waals surface area contributed by atoms with Crippen LogP contribution in [-0.4, -0.2) is 46.1 Å². The molecule has 164 valence electrons. The summed E-state index contributed by atoms with van der Waals surface area (Å²) in [6, 6.07) is 15.8.